The molecule has 0 spiro atoms. The Kier molecular flexibility index (Phi) is 5.88. The highest BCUT2D eigenvalue weighted by Gasteiger charge is 2.55. The van der Waals surface area contributed by atoms with Crippen LogP contribution in [0.15, 0.2) is 34.5 Å². The quantitative estimate of drug-likeness (QED) is 0.165. The molecule has 2 unspecified atom stereocenters. The number of carbonyl (C=O) groups excluding carboxylic acids is 4. The van der Waals surface area contributed by atoms with E-state index in [4.69, 9.17) is 15.2 Å². The first-order valence-corrected chi connectivity index (χ1v) is 11.6. The first kappa shape index (κ1) is 22.8. The van der Waals surface area contributed by atoms with Crippen LogP contribution in [-0.2, 0) is 28.7 Å². The zero-order chi connectivity index (χ0) is 23.9. The third-order valence-corrected chi connectivity index (χ3v) is 7.20. The molecule has 0 aliphatic carbocycles. The number of ether oxygens (including phenoxy) is 2. The number of rotatable bonds is 6. The number of amides is 2. The zero-order valence-electron chi connectivity index (χ0n) is 17.3. The van der Waals surface area contributed by atoms with E-state index in [-0.39, 0.29) is 29.4 Å². The minimum atomic E-state index is -1.42. The fourth-order valence-corrected chi connectivity index (χ4v) is 5.48. The Morgan fingerprint density at radius 2 is 2.27 bits per heavy atom. The van der Waals surface area contributed by atoms with E-state index >= 15 is 0 Å². The SMILES string of the molecule is C=CC1=C(C(=O)OC2(C)CCC(=O)O2)N2C(=O)C(NC(=O)C(=NO)c3csc(N)n3)[C@H]2SC1. The van der Waals surface area contributed by atoms with Gasteiger partial charge in [-0.1, -0.05) is 17.8 Å². The maximum absolute atomic E-state index is 13.0. The van der Waals surface area contributed by atoms with Gasteiger partial charge in [0.15, 0.2) is 10.8 Å². The van der Waals surface area contributed by atoms with Gasteiger partial charge in [-0.15, -0.1) is 23.1 Å². The van der Waals surface area contributed by atoms with E-state index in [0.29, 0.717) is 11.3 Å². The summed E-state index contributed by atoms with van der Waals surface area (Å²) >= 11 is 2.37. The molecule has 3 aliphatic heterocycles. The van der Waals surface area contributed by atoms with Crippen molar-refractivity contribution in [1.82, 2.24) is 15.2 Å². The average Bonchev–Trinajstić information content (AvgIpc) is 3.35. The Labute approximate surface area is 195 Å². The first-order chi connectivity index (χ1) is 15.7. The number of β-lactam (4-membered cyclic amide) rings is 1. The van der Waals surface area contributed by atoms with Crippen LogP contribution >= 0.6 is 23.1 Å². The van der Waals surface area contributed by atoms with Gasteiger partial charge < -0.3 is 25.7 Å². The van der Waals surface area contributed by atoms with Gasteiger partial charge in [0.2, 0.25) is 0 Å². The van der Waals surface area contributed by atoms with Gasteiger partial charge in [0.1, 0.15) is 22.8 Å². The lowest BCUT2D eigenvalue weighted by Gasteiger charge is -2.49. The molecule has 2 amide bonds. The maximum atomic E-state index is 13.0. The van der Waals surface area contributed by atoms with Crippen molar-refractivity contribution in [3.05, 3.63) is 35.0 Å². The maximum Gasteiger partial charge on any atom is 0.358 e. The molecule has 2 fully saturated rings. The summed E-state index contributed by atoms with van der Waals surface area (Å²) in [6, 6.07) is -0.982. The molecule has 3 atom stereocenters. The van der Waals surface area contributed by atoms with E-state index in [1.807, 2.05) is 0 Å². The predicted octanol–water partition coefficient (Wildman–Crippen LogP) is 0.340. The number of nitrogens with one attached hydrogen (secondary N) is 1. The summed E-state index contributed by atoms with van der Waals surface area (Å²) in [5, 5.41) is 15.8. The van der Waals surface area contributed by atoms with Crippen molar-refractivity contribution in [2.75, 3.05) is 11.5 Å². The summed E-state index contributed by atoms with van der Waals surface area (Å²) in [6.45, 7) is 5.17. The van der Waals surface area contributed by atoms with E-state index in [9.17, 15) is 24.4 Å². The monoisotopic (exact) mass is 493 g/mol. The minimum Gasteiger partial charge on any atom is -0.423 e. The van der Waals surface area contributed by atoms with Crippen molar-refractivity contribution in [3.8, 4) is 0 Å². The van der Waals surface area contributed by atoms with E-state index in [1.54, 1.807) is 0 Å². The number of nitrogens with zero attached hydrogens (tertiary/aromatic N) is 3. The van der Waals surface area contributed by atoms with Crippen molar-refractivity contribution in [3.63, 3.8) is 0 Å². The molecular weight excluding hydrogens is 474 g/mol. The summed E-state index contributed by atoms with van der Waals surface area (Å²) in [5.41, 5.74) is 5.68. The van der Waals surface area contributed by atoms with Crippen molar-refractivity contribution in [1.29, 1.82) is 0 Å². The third kappa shape index (κ3) is 4.06. The van der Waals surface area contributed by atoms with Gasteiger partial charge >= 0.3 is 11.9 Å². The molecule has 0 bridgehead atoms. The number of aromatic nitrogens is 1. The Hall–Kier alpha value is -3.39. The van der Waals surface area contributed by atoms with Crippen molar-refractivity contribution >= 4 is 57.7 Å². The van der Waals surface area contributed by atoms with Crippen LogP contribution in [0.25, 0.3) is 0 Å². The average molecular weight is 494 g/mol. The number of hydrogen-bond donors (Lipinski definition) is 3. The number of thiazole rings is 1. The Morgan fingerprint density at radius 1 is 1.52 bits per heavy atom. The highest BCUT2D eigenvalue weighted by molar-refractivity contribution is 8.00. The number of nitrogens with two attached hydrogens (primary N) is 1. The summed E-state index contributed by atoms with van der Waals surface area (Å²) in [7, 11) is 0. The van der Waals surface area contributed by atoms with Gasteiger partial charge in [-0.25, -0.2) is 9.78 Å². The largest absolute Gasteiger partial charge is 0.423 e. The summed E-state index contributed by atoms with van der Waals surface area (Å²) in [6.07, 6.45) is 1.76. The number of carbonyl (C=O) groups is 4. The molecule has 174 valence electrons. The number of hydrogen-bond acceptors (Lipinski definition) is 12. The Bertz CT molecular complexity index is 1130. The number of thioether (sulfide) groups is 1. The molecular formula is C19H19N5O7S2. The van der Waals surface area contributed by atoms with Crippen LogP contribution in [0.1, 0.15) is 25.5 Å². The van der Waals surface area contributed by atoms with Crippen LogP contribution < -0.4 is 11.1 Å². The second-order valence-corrected chi connectivity index (χ2v) is 9.45. The lowest BCUT2D eigenvalue weighted by atomic mass is 10.0. The van der Waals surface area contributed by atoms with E-state index in [1.165, 1.54) is 35.0 Å². The molecule has 33 heavy (non-hydrogen) atoms. The molecule has 1 aromatic rings. The molecule has 0 aromatic carbocycles. The Morgan fingerprint density at radius 3 is 2.85 bits per heavy atom. The second kappa shape index (κ2) is 8.51. The molecule has 3 aliphatic rings. The molecule has 4 N–H and O–H groups in total. The molecule has 4 heterocycles. The van der Waals surface area contributed by atoms with Gasteiger partial charge in [0, 0.05) is 24.5 Å². The number of esters is 2. The number of anilines is 1. The summed E-state index contributed by atoms with van der Waals surface area (Å²) in [4.78, 5) is 55.1. The molecule has 2 saturated heterocycles. The molecule has 0 saturated carbocycles. The number of cyclic esters (lactones) is 1. The van der Waals surface area contributed by atoms with Gasteiger partial charge in [-0.05, 0) is 5.57 Å². The molecule has 0 radical (unpaired) electrons. The fourth-order valence-electron chi connectivity index (χ4n) is 3.60. The van der Waals surface area contributed by atoms with Gasteiger partial charge in [0.05, 0.1) is 6.42 Å². The van der Waals surface area contributed by atoms with Crippen LogP contribution in [-0.4, -0.2) is 67.5 Å². The van der Waals surface area contributed by atoms with Gasteiger partial charge in [-0.3, -0.25) is 19.3 Å². The number of fused-ring (bicyclic) bond motifs is 1. The molecule has 4 rings (SSSR count). The first-order valence-electron chi connectivity index (χ1n) is 9.67. The van der Waals surface area contributed by atoms with Crippen LogP contribution in [0.2, 0.25) is 0 Å². The van der Waals surface area contributed by atoms with E-state index in [2.05, 4.69) is 22.0 Å². The van der Waals surface area contributed by atoms with E-state index in [0.717, 1.165) is 11.3 Å². The Balaban J connectivity index is 1.50. The second-order valence-electron chi connectivity index (χ2n) is 7.46. The molecule has 12 nitrogen and oxygen atoms in total. The lowest BCUT2D eigenvalue weighted by molar-refractivity contribution is -0.206. The summed E-state index contributed by atoms with van der Waals surface area (Å²) in [5.74, 6) is -3.79. The number of oxime groups is 1. The minimum absolute atomic E-state index is 0.0169. The standard InChI is InChI=1S/C19H19N5O7S2/c1-3-8-6-32-16-12(22-14(26)11(23-29)9-7-33-18(20)21-9)15(27)24(16)13(8)17(28)31-19(2)5-4-10(25)30-19/h3,7,12,16,29H,1,4-6H2,2H3,(H2,20,21)(H,22,26)/t12?,16-,19?/m1/s1. The van der Waals surface area contributed by atoms with Crippen LogP contribution in [0.5, 0.6) is 0 Å². The van der Waals surface area contributed by atoms with Crippen LogP contribution in [0, 0.1) is 0 Å². The topological polar surface area (TPSA) is 174 Å². The normalized spacial score (nSPS) is 26.9. The molecule has 1 aromatic heterocycles. The van der Waals surface area contributed by atoms with Crippen LogP contribution in [0.3, 0.4) is 0 Å². The fraction of sp³-hybridized carbons (Fsp3) is 0.368. The van der Waals surface area contributed by atoms with E-state index < -0.39 is 46.7 Å². The van der Waals surface area contributed by atoms with Crippen molar-refractivity contribution in [2.45, 2.75) is 37.0 Å². The van der Waals surface area contributed by atoms with Gasteiger partial charge in [0.25, 0.3) is 17.6 Å². The van der Waals surface area contributed by atoms with Crippen molar-refractivity contribution < 1.29 is 33.9 Å². The predicted molar refractivity (Wildman–Crippen MR) is 117 cm³/mol. The van der Waals surface area contributed by atoms with Gasteiger partial charge in [-0.2, -0.15) is 0 Å². The third-order valence-electron chi connectivity index (χ3n) is 5.23. The summed E-state index contributed by atoms with van der Waals surface area (Å²) < 4.78 is 10.5. The number of nitrogen functional groups attached to an aromatic ring is 1. The van der Waals surface area contributed by atoms with Crippen molar-refractivity contribution in [2.24, 2.45) is 5.16 Å². The smallest absolute Gasteiger partial charge is 0.358 e. The number of allylic oxidation sites excluding steroid dienone is 1. The molecule has 14 heteroatoms. The zero-order valence-corrected chi connectivity index (χ0v) is 18.9. The highest BCUT2D eigenvalue weighted by atomic mass is 32.2. The lowest BCUT2D eigenvalue weighted by Crippen LogP contribution is -2.71. The highest BCUT2D eigenvalue weighted by Crippen LogP contribution is 2.42. The van der Waals surface area contributed by atoms with Crippen LogP contribution in [0.4, 0.5) is 5.13 Å².